The van der Waals surface area contributed by atoms with Gasteiger partial charge in [0.2, 0.25) is 0 Å². The van der Waals surface area contributed by atoms with E-state index in [0.717, 1.165) is 4.47 Å². The van der Waals surface area contributed by atoms with Crippen LogP contribution in [0.15, 0.2) is 22.7 Å². The molecule has 0 saturated carbocycles. The minimum Gasteiger partial charge on any atom is -0.480 e. The fraction of sp³-hybridized carbons (Fsp3) is 0.333. The summed E-state index contributed by atoms with van der Waals surface area (Å²) in [5.74, 6) is -0.946. The second kappa shape index (κ2) is 6.99. The average Bonchev–Trinajstić information content (AvgIpc) is 2.34. The van der Waals surface area contributed by atoms with E-state index in [-0.39, 0.29) is 6.54 Å². The van der Waals surface area contributed by atoms with Gasteiger partial charge in [-0.3, -0.25) is 4.79 Å². The molecule has 0 fully saturated rings. The predicted molar refractivity (Wildman–Crippen MR) is 70.6 cm³/mol. The van der Waals surface area contributed by atoms with E-state index in [0.29, 0.717) is 24.4 Å². The molecule has 5 nitrogen and oxygen atoms in total. The molecule has 0 spiro atoms. The lowest BCUT2D eigenvalue weighted by molar-refractivity contribution is -0.135. The third-order valence-electron chi connectivity index (χ3n) is 2.31. The van der Waals surface area contributed by atoms with Crippen LogP contribution in [0.3, 0.4) is 0 Å². The zero-order valence-electron chi connectivity index (χ0n) is 9.89. The highest BCUT2D eigenvalue weighted by atomic mass is 79.9. The predicted octanol–water partition coefficient (Wildman–Crippen LogP) is 1.86. The maximum Gasteiger partial charge on any atom is 0.323 e. The Balaban J connectivity index is 3.03. The molecule has 0 saturated heterocycles. The molecule has 0 aliphatic carbocycles. The van der Waals surface area contributed by atoms with Crippen LogP contribution in [0.2, 0.25) is 0 Å². The maximum atomic E-state index is 10.8. The van der Waals surface area contributed by atoms with E-state index in [1.54, 1.807) is 30.2 Å². The summed E-state index contributed by atoms with van der Waals surface area (Å²) in [5.41, 5.74) is 1.03. The second-order valence-corrected chi connectivity index (χ2v) is 4.50. The maximum absolute atomic E-state index is 10.8. The molecular weight excluding hydrogens is 300 g/mol. The van der Waals surface area contributed by atoms with E-state index >= 15 is 0 Å². The molecule has 18 heavy (non-hydrogen) atoms. The molecule has 0 aromatic heterocycles. The molecule has 0 bridgehead atoms. The van der Waals surface area contributed by atoms with Gasteiger partial charge in [0.25, 0.3) is 0 Å². The Hall–Kier alpha value is -1.58. The molecule has 0 aliphatic heterocycles. The van der Waals surface area contributed by atoms with Gasteiger partial charge in [0, 0.05) is 18.1 Å². The minimum atomic E-state index is -0.946. The lowest BCUT2D eigenvalue weighted by Crippen LogP contribution is -2.33. The highest BCUT2D eigenvalue weighted by Crippen LogP contribution is 2.23. The summed E-state index contributed by atoms with van der Waals surface area (Å²) in [6, 6.07) is 7.22. The number of rotatable bonds is 6. The Morgan fingerprint density at radius 1 is 1.61 bits per heavy atom. The Kier molecular flexibility index (Phi) is 5.62. The number of nitriles is 1. The summed E-state index contributed by atoms with van der Waals surface area (Å²) in [6.45, 7) is 0.646. The molecule has 1 aromatic rings. The number of anilines is 1. The molecule has 0 heterocycles. The van der Waals surface area contributed by atoms with Crippen molar-refractivity contribution in [3.63, 3.8) is 0 Å². The summed E-state index contributed by atoms with van der Waals surface area (Å²) in [4.78, 5) is 12.4. The summed E-state index contributed by atoms with van der Waals surface area (Å²) >= 11 is 3.28. The third-order valence-corrected chi connectivity index (χ3v) is 2.80. The van der Waals surface area contributed by atoms with Crippen molar-refractivity contribution in [2.45, 2.75) is 0 Å². The van der Waals surface area contributed by atoms with Gasteiger partial charge < -0.3 is 14.7 Å². The van der Waals surface area contributed by atoms with Crippen LogP contribution in [0.4, 0.5) is 5.69 Å². The largest absolute Gasteiger partial charge is 0.480 e. The Labute approximate surface area is 114 Å². The smallest absolute Gasteiger partial charge is 0.323 e. The molecule has 1 aromatic carbocycles. The van der Waals surface area contributed by atoms with Crippen molar-refractivity contribution < 1.29 is 14.6 Å². The number of carbonyl (C=O) groups is 1. The van der Waals surface area contributed by atoms with Gasteiger partial charge >= 0.3 is 5.97 Å². The van der Waals surface area contributed by atoms with Crippen molar-refractivity contribution in [1.29, 1.82) is 5.26 Å². The van der Waals surface area contributed by atoms with Crippen LogP contribution in [0.5, 0.6) is 0 Å². The van der Waals surface area contributed by atoms with Crippen molar-refractivity contribution in [1.82, 2.24) is 0 Å². The van der Waals surface area contributed by atoms with E-state index in [1.807, 2.05) is 0 Å². The molecule has 0 atom stereocenters. The summed E-state index contributed by atoms with van der Waals surface area (Å²) in [7, 11) is 1.55. The second-order valence-electron chi connectivity index (χ2n) is 3.58. The number of ether oxygens (including phenoxy) is 1. The first-order valence-corrected chi connectivity index (χ1v) is 6.03. The summed E-state index contributed by atoms with van der Waals surface area (Å²) < 4.78 is 5.73. The van der Waals surface area contributed by atoms with Gasteiger partial charge in [0.1, 0.15) is 12.6 Å². The number of hydrogen-bond donors (Lipinski definition) is 1. The van der Waals surface area contributed by atoms with Gasteiger partial charge in [-0.25, -0.2) is 0 Å². The number of halogens is 1. The zero-order valence-corrected chi connectivity index (χ0v) is 11.5. The third kappa shape index (κ3) is 4.02. The topological polar surface area (TPSA) is 73.6 Å². The number of carboxylic acids is 1. The van der Waals surface area contributed by atoms with Crippen molar-refractivity contribution in [2.24, 2.45) is 0 Å². The van der Waals surface area contributed by atoms with Gasteiger partial charge in [-0.05, 0) is 18.2 Å². The first-order valence-electron chi connectivity index (χ1n) is 5.23. The van der Waals surface area contributed by atoms with Crippen LogP contribution in [-0.2, 0) is 9.53 Å². The SMILES string of the molecule is COCCN(CC(=O)O)c1ccc(Br)cc1C#N. The Morgan fingerprint density at radius 2 is 2.33 bits per heavy atom. The van der Waals surface area contributed by atoms with Crippen LogP contribution in [0.1, 0.15) is 5.56 Å². The normalized spacial score (nSPS) is 9.83. The van der Waals surface area contributed by atoms with Crippen molar-refractivity contribution in [3.05, 3.63) is 28.2 Å². The average molecular weight is 313 g/mol. The molecule has 96 valence electrons. The standard InChI is InChI=1S/C12H13BrN2O3/c1-18-5-4-15(8-12(16)17)11-3-2-10(13)6-9(11)7-14/h2-3,6H,4-5,8H2,1H3,(H,16,17). The first kappa shape index (κ1) is 14.5. The lowest BCUT2D eigenvalue weighted by Gasteiger charge is -2.23. The minimum absolute atomic E-state index is 0.167. The molecular formula is C12H13BrN2O3. The highest BCUT2D eigenvalue weighted by Gasteiger charge is 2.14. The van der Waals surface area contributed by atoms with Crippen LogP contribution in [-0.4, -0.2) is 37.9 Å². The van der Waals surface area contributed by atoms with E-state index < -0.39 is 5.97 Å². The lowest BCUT2D eigenvalue weighted by atomic mass is 10.1. The Morgan fingerprint density at radius 3 is 2.89 bits per heavy atom. The van der Waals surface area contributed by atoms with Crippen molar-refractivity contribution in [2.75, 3.05) is 31.7 Å². The highest BCUT2D eigenvalue weighted by molar-refractivity contribution is 9.10. The van der Waals surface area contributed by atoms with Crippen LogP contribution < -0.4 is 4.90 Å². The molecule has 0 amide bonds. The molecule has 6 heteroatoms. The zero-order chi connectivity index (χ0) is 13.5. The van der Waals surface area contributed by atoms with Crippen molar-refractivity contribution in [3.8, 4) is 6.07 Å². The number of aliphatic carboxylic acids is 1. The number of nitrogens with zero attached hydrogens (tertiary/aromatic N) is 2. The van der Waals surface area contributed by atoms with E-state index in [2.05, 4.69) is 22.0 Å². The molecule has 0 aliphatic rings. The molecule has 0 radical (unpaired) electrons. The number of hydrogen-bond acceptors (Lipinski definition) is 4. The van der Waals surface area contributed by atoms with Gasteiger partial charge in [-0.2, -0.15) is 5.26 Å². The van der Waals surface area contributed by atoms with Crippen LogP contribution >= 0.6 is 15.9 Å². The van der Waals surface area contributed by atoms with Crippen molar-refractivity contribution >= 4 is 27.6 Å². The Bertz CT molecular complexity index is 471. The van der Waals surface area contributed by atoms with E-state index in [4.69, 9.17) is 15.1 Å². The summed E-state index contributed by atoms with van der Waals surface area (Å²) in [5, 5.41) is 18.0. The van der Waals surface area contributed by atoms with Gasteiger partial charge in [0.05, 0.1) is 17.9 Å². The van der Waals surface area contributed by atoms with E-state index in [9.17, 15) is 4.79 Å². The molecule has 1 rings (SSSR count). The molecule has 1 N–H and O–H groups in total. The molecule has 0 unspecified atom stereocenters. The van der Waals surface area contributed by atoms with Gasteiger partial charge in [-0.15, -0.1) is 0 Å². The van der Waals surface area contributed by atoms with E-state index in [1.165, 1.54) is 0 Å². The van der Waals surface area contributed by atoms with Gasteiger partial charge in [-0.1, -0.05) is 15.9 Å². The van der Waals surface area contributed by atoms with Gasteiger partial charge in [0.15, 0.2) is 0 Å². The number of benzene rings is 1. The quantitative estimate of drug-likeness (QED) is 0.868. The van der Waals surface area contributed by atoms with Crippen LogP contribution in [0.25, 0.3) is 0 Å². The number of carboxylic acid groups (broad SMARTS) is 1. The monoisotopic (exact) mass is 312 g/mol. The first-order chi connectivity index (χ1) is 8.58. The fourth-order valence-electron chi connectivity index (χ4n) is 1.52. The number of methoxy groups -OCH3 is 1. The fourth-order valence-corrected chi connectivity index (χ4v) is 1.88. The summed E-state index contributed by atoms with van der Waals surface area (Å²) in [6.07, 6.45) is 0. The van der Waals surface area contributed by atoms with Crippen LogP contribution in [0, 0.1) is 11.3 Å².